The first kappa shape index (κ1) is 23.1. The summed E-state index contributed by atoms with van der Waals surface area (Å²) in [6, 6.07) is 16.6. The van der Waals surface area contributed by atoms with E-state index in [0.717, 1.165) is 38.0 Å². The molecule has 1 aliphatic rings. The molecule has 0 spiro atoms. The summed E-state index contributed by atoms with van der Waals surface area (Å²) in [5, 5.41) is 10.1. The highest BCUT2D eigenvalue weighted by Gasteiger charge is 2.26. The van der Waals surface area contributed by atoms with Crippen molar-refractivity contribution in [3.8, 4) is 5.69 Å². The maximum absolute atomic E-state index is 12.9. The Morgan fingerprint density at radius 3 is 2.47 bits per heavy atom. The third-order valence-corrected chi connectivity index (χ3v) is 5.94. The number of rotatable bonds is 7. The number of likely N-dealkylation sites (tertiary alicyclic amines) is 1. The maximum Gasteiger partial charge on any atom is 0.258 e. The number of hydrogen-bond acceptors (Lipinski definition) is 5. The molecule has 0 saturated carbocycles. The van der Waals surface area contributed by atoms with Crippen LogP contribution in [-0.4, -0.2) is 57.7 Å². The highest BCUT2D eigenvalue weighted by Crippen LogP contribution is 2.21. The minimum atomic E-state index is -0.299. The van der Waals surface area contributed by atoms with Crippen LogP contribution in [0.4, 0.5) is 11.9 Å². The monoisotopic (exact) mass is 457 g/mol. The molecule has 0 radical (unpaired) electrons. The average molecular weight is 458 g/mol. The number of hydrogen-bond donors (Lipinski definition) is 2. The summed E-state index contributed by atoms with van der Waals surface area (Å²) in [6.07, 6.45) is 1.44. The number of nitrogens with one attached hydrogen (secondary N) is 2. The summed E-state index contributed by atoms with van der Waals surface area (Å²) in [5.41, 5.74) is 2.10. The van der Waals surface area contributed by atoms with E-state index in [1.54, 1.807) is 6.07 Å². The lowest BCUT2D eigenvalue weighted by molar-refractivity contribution is -0.121. The van der Waals surface area contributed by atoms with Gasteiger partial charge in [0.1, 0.15) is 0 Å². The van der Waals surface area contributed by atoms with Gasteiger partial charge in [0.05, 0.1) is 12.2 Å². The van der Waals surface area contributed by atoms with E-state index in [-0.39, 0.29) is 29.6 Å². The smallest absolute Gasteiger partial charge is 0.258 e. The maximum atomic E-state index is 12.9. The second kappa shape index (κ2) is 10.7. The predicted octanol–water partition coefficient (Wildman–Crippen LogP) is 3.40. The molecular weight excluding hydrogens is 430 g/mol. The van der Waals surface area contributed by atoms with Gasteiger partial charge in [-0.15, -0.1) is 5.10 Å². The zero-order chi connectivity index (χ0) is 23.9. The zero-order valence-corrected chi connectivity index (χ0v) is 19.1. The molecule has 1 fully saturated rings. The Bertz CT molecular complexity index is 1190. The van der Waals surface area contributed by atoms with E-state index in [0.29, 0.717) is 17.8 Å². The van der Waals surface area contributed by atoms with Gasteiger partial charge in [-0.1, -0.05) is 36.4 Å². The second-order valence-corrected chi connectivity index (χ2v) is 8.26. The van der Waals surface area contributed by atoms with Crippen molar-refractivity contribution >= 4 is 23.7 Å². The number of carbonyl (C=O) groups excluding carboxylic acids is 2. The van der Waals surface area contributed by atoms with Crippen LogP contribution in [0.15, 0.2) is 54.6 Å². The summed E-state index contributed by atoms with van der Waals surface area (Å²) in [7, 11) is 0. The van der Waals surface area contributed by atoms with Crippen LogP contribution in [0, 0.1) is 19.4 Å². The molecule has 9 heteroatoms. The van der Waals surface area contributed by atoms with Crippen LogP contribution >= 0.6 is 0 Å². The number of piperidine rings is 1. The lowest BCUT2D eigenvalue weighted by Gasteiger charge is -2.29. The molecular formula is C25H27N7O2. The van der Waals surface area contributed by atoms with E-state index in [9.17, 15) is 9.59 Å². The topological polar surface area (TPSA) is 96.5 Å². The highest BCUT2D eigenvalue weighted by atomic mass is 16.2. The molecule has 0 bridgehead atoms. The van der Waals surface area contributed by atoms with Crippen LogP contribution in [0.25, 0.3) is 10.5 Å². The first-order valence-corrected chi connectivity index (χ1v) is 11.3. The molecule has 34 heavy (non-hydrogen) atoms. The molecule has 2 aromatic carbocycles. The number of carbonyl (C=O) groups is 2. The fourth-order valence-corrected chi connectivity index (χ4v) is 4.01. The van der Waals surface area contributed by atoms with E-state index < -0.39 is 0 Å². The van der Waals surface area contributed by atoms with Crippen LogP contribution in [0.1, 0.15) is 28.8 Å². The molecule has 1 aliphatic heterocycles. The fourth-order valence-electron chi connectivity index (χ4n) is 4.01. The summed E-state index contributed by atoms with van der Waals surface area (Å²) in [4.78, 5) is 35.8. The van der Waals surface area contributed by atoms with Crippen molar-refractivity contribution in [2.75, 3.05) is 36.8 Å². The van der Waals surface area contributed by atoms with Crippen LogP contribution in [0.3, 0.4) is 0 Å². The number of anilines is 2. The molecule has 174 valence electrons. The Labute approximate surface area is 198 Å². The average Bonchev–Trinajstić information content (AvgIpc) is 3.25. The van der Waals surface area contributed by atoms with Crippen LogP contribution in [0.5, 0.6) is 0 Å². The Hall–Kier alpha value is -4.03. The molecule has 0 atom stereocenters. The van der Waals surface area contributed by atoms with Crippen molar-refractivity contribution in [3.63, 3.8) is 0 Å². The molecule has 1 saturated heterocycles. The van der Waals surface area contributed by atoms with Crippen molar-refractivity contribution in [2.24, 2.45) is 5.92 Å². The summed E-state index contributed by atoms with van der Waals surface area (Å²) < 4.78 is 1.51. The van der Waals surface area contributed by atoms with Gasteiger partial charge in [-0.25, -0.2) is 6.57 Å². The van der Waals surface area contributed by atoms with Crippen LogP contribution in [-0.2, 0) is 4.79 Å². The van der Waals surface area contributed by atoms with Crippen molar-refractivity contribution in [1.82, 2.24) is 19.7 Å². The molecule has 0 aliphatic carbocycles. The van der Waals surface area contributed by atoms with Gasteiger partial charge in [0.2, 0.25) is 18.4 Å². The molecule has 2 heterocycles. The third kappa shape index (κ3) is 5.47. The van der Waals surface area contributed by atoms with E-state index in [4.69, 9.17) is 6.57 Å². The van der Waals surface area contributed by atoms with Crippen molar-refractivity contribution in [2.45, 2.75) is 19.8 Å². The van der Waals surface area contributed by atoms with Crippen LogP contribution in [0.2, 0.25) is 0 Å². The largest absolute Gasteiger partial charge is 0.316 e. The van der Waals surface area contributed by atoms with E-state index >= 15 is 0 Å². The number of aryl methyl sites for hydroxylation is 1. The Balaban J connectivity index is 1.50. The number of nitrogens with zero attached hydrogens (tertiary/aromatic N) is 5. The van der Waals surface area contributed by atoms with Gasteiger partial charge in [-0.05, 0) is 56.6 Å². The van der Waals surface area contributed by atoms with Gasteiger partial charge in [-0.2, -0.15) is 9.67 Å². The van der Waals surface area contributed by atoms with E-state index in [2.05, 4.69) is 30.5 Å². The Morgan fingerprint density at radius 1 is 1.06 bits per heavy atom. The van der Waals surface area contributed by atoms with Crippen LogP contribution < -0.4 is 10.6 Å². The van der Waals surface area contributed by atoms with Crippen molar-refractivity contribution < 1.29 is 9.59 Å². The Morgan fingerprint density at radius 2 is 1.76 bits per heavy atom. The minimum Gasteiger partial charge on any atom is -0.316 e. The quantitative estimate of drug-likeness (QED) is 0.530. The first-order valence-electron chi connectivity index (χ1n) is 11.3. The third-order valence-electron chi connectivity index (χ3n) is 5.94. The number of para-hydroxylation sites is 1. The van der Waals surface area contributed by atoms with E-state index in [1.165, 1.54) is 4.68 Å². The summed E-state index contributed by atoms with van der Waals surface area (Å²) in [5.74, 6) is -0.204. The van der Waals surface area contributed by atoms with Gasteiger partial charge < -0.3 is 4.85 Å². The highest BCUT2D eigenvalue weighted by molar-refractivity contribution is 6.04. The molecule has 4 rings (SSSR count). The molecule has 9 nitrogen and oxygen atoms in total. The predicted molar refractivity (Wildman–Crippen MR) is 130 cm³/mol. The second-order valence-electron chi connectivity index (χ2n) is 8.26. The van der Waals surface area contributed by atoms with Gasteiger partial charge in [-0.3, -0.25) is 25.1 Å². The molecule has 3 aromatic rings. The van der Waals surface area contributed by atoms with Gasteiger partial charge in [0, 0.05) is 11.5 Å². The molecule has 0 unspecified atom stereocenters. The van der Waals surface area contributed by atoms with Crippen molar-refractivity contribution in [3.05, 3.63) is 77.1 Å². The lowest BCUT2D eigenvalue weighted by Crippen LogP contribution is -2.39. The van der Waals surface area contributed by atoms with Gasteiger partial charge in [0.15, 0.2) is 0 Å². The fraction of sp³-hybridized carbons (Fsp3) is 0.320. The van der Waals surface area contributed by atoms with Gasteiger partial charge in [0.25, 0.3) is 11.9 Å². The molecule has 2 N–H and O–H groups in total. The van der Waals surface area contributed by atoms with Crippen molar-refractivity contribution in [1.29, 1.82) is 0 Å². The normalized spacial score (nSPS) is 14.4. The minimum absolute atomic E-state index is 0.133. The van der Waals surface area contributed by atoms with Gasteiger partial charge >= 0.3 is 0 Å². The summed E-state index contributed by atoms with van der Waals surface area (Å²) in [6.45, 7) is 11.6. The SMILES string of the molecule is [C-]#[N+]CCN1CCC(C(=O)Nc2nc(NC(=O)c3ccccc3C)n(-c3ccccc3)n2)CC1. The molecule has 1 aromatic heterocycles. The van der Waals surface area contributed by atoms with E-state index in [1.807, 2.05) is 55.5 Å². The lowest BCUT2D eigenvalue weighted by atomic mass is 9.96. The number of amides is 2. The standard InChI is InChI=1S/C25H27N7O2/c1-18-8-6-7-11-21(18)23(34)28-25-29-24(30-32(25)20-9-4-3-5-10-20)27-22(33)19-12-15-31(16-13-19)17-14-26-2/h3-11,19H,12-17H2,1H3,(H2,27,28,29,30,33,34). The first-order chi connectivity index (χ1) is 16.5. The summed E-state index contributed by atoms with van der Waals surface area (Å²) >= 11 is 0. The zero-order valence-electron chi connectivity index (χ0n) is 19.1. The number of benzene rings is 2. The Kier molecular flexibility index (Phi) is 7.30. The molecule has 2 amide bonds. The number of aromatic nitrogens is 3.